The molecule has 2 N–H and O–H groups in total. The summed E-state index contributed by atoms with van der Waals surface area (Å²) in [6.07, 6.45) is 7.16. The normalized spacial score (nSPS) is 13.5. The average molecular weight is 664 g/mol. The van der Waals surface area contributed by atoms with Gasteiger partial charge in [-0.2, -0.15) is 15.1 Å². The third kappa shape index (κ3) is 5.97. The number of anilines is 5. The van der Waals surface area contributed by atoms with E-state index < -0.39 is 7.92 Å². The minimum Gasteiger partial charge on any atom is -0.479 e. The first-order valence-electron chi connectivity index (χ1n) is 13.7. The van der Waals surface area contributed by atoms with Crippen LogP contribution >= 0.6 is 23.9 Å². The van der Waals surface area contributed by atoms with E-state index >= 15 is 0 Å². The third-order valence-corrected chi connectivity index (χ3v) is 9.01. The fraction of sp³-hybridized carbons (Fsp3) is 0.310. The van der Waals surface area contributed by atoms with E-state index in [1.165, 1.54) is 0 Å². The van der Waals surface area contributed by atoms with Crippen LogP contribution in [-0.2, 0) is 11.8 Å². The smallest absolute Gasteiger partial charge is 0.239 e. The number of morpholine rings is 1. The van der Waals surface area contributed by atoms with Gasteiger partial charge in [0.05, 0.1) is 41.5 Å². The summed E-state index contributed by atoms with van der Waals surface area (Å²) in [5.41, 5.74) is 6.15. The highest BCUT2D eigenvalue weighted by Crippen LogP contribution is 2.39. The molecular weight excluding hydrogens is 631 g/mol. The fourth-order valence-electron chi connectivity index (χ4n) is 5.15. The Morgan fingerprint density at radius 2 is 1.79 bits per heavy atom. The van der Waals surface area contributed by atoms with Gasteiger partial charge in [0.2, 0.25) is 11.8 Å². The average Bonchev–Trinajstić information content (AvgIpc) is 3.35. The molecule has 1 aromatic carbocycles. The van der Waals surface area contributed by atoms with Crippen LogP contribution in [0.5, 0.6) is 5.88 Å². The van der Waals surface area contributed by atoms with Crippen LogP contribution in [-0.4, -0.2) is 81.4 Å². The first-order valence-corrected chi connectivity index (χ1v) is 16.7. The van der Waals surface area contributed by atoms with Gasteiger partial charge in [-0.15, -0.1) is 0 Å². The predicted molar refractivity (Wildman–Crippen MR) is 175 cm³/mol. The summed E-state index contributed by atoms with van der Waals surface area (Å²) in [5.74, 6) is 2.25. The number of aryl methyl sites for hydroxylation is 2. The van der Waals surface area contributed by atoms with Crippen LogP contribution in [0.2, 0.25) is 0 Å². The van der Waals surface area contributed by atoms with Gasteiger partial charge >= 0.3 is 0 Å². The summed E-state index contributed by atoms with van der Waals surface area (Å²) in [5, 5.41) is 12.6. The SMILES string of the molecule is COc1nc(N2CCOCC2)c(-c2cn(C)nc2C)cc1Nc1ncc(Br)c(Nc2ccc3nccnc3c2P(C)C)n1. The number of pyridine rings is 1. The van der Waals surface area contributed by atoms with E-state index in [-0.39, 0.29) is 0 Å². The third-order valence-electron chi connectivity index (χ3n) is 7.08. The Hall–Kier alpha value is -3.93. The van der Waals surface area contributed by atoms with Crippen molar-refractivity contribution in [2.45, 2.75) is 6.92 Å². The van der Waals surface area contributed by atoms with E-state index in [9.17, 15) is 0 Å². The van der Waals surface area contributed by atoms with Crippen molar-refractivity contribution >= 4 is 69.1 Å². The molecule has 1 aliphatic heterocycles. The van der Waals surface area contributed by atoms with Gasteiger partial charge in [0, 0.05) is 67.0 Å². The Morgan fingerprint density at radius 1 is 1.00 bits per heavy atom. The second-order valence-corrected chi connectivity index (χ2v) is 13.3. The molecule has 0 atom stereocenters. The molecule has 43 heavy (non-hydrogen) atoms. The van der Waals surface area contributed by atoms with Crippen molar-refractivity contribution in [1.29, 1.82) is 0 Å². The van der Waals surface area contributed by atoms with Gasteiger partial charge < -0.3 is 25.0 Å². The lowest BCUT2D eigenvalue weighted by Crippen LogP contribution is -2.37. The highest BCUT2D eigenvalue weighted by molar-refractivity contribution is 9.10. The number of ether oxygens (including phenoxy) is 2. The van der Waals surface area contributed by atoms with Gasteiger partial charge in [-0.1, -0.05) is 7.92 Å². The monoisotopic (exact) mass is 662 g/mol. The van der Waals surface area contributed by atoms with Gasteiger partial charge in [-0.25, -0.2) is 4.98 Å². The lowest BCUT2D eigenvalue weighted by molar-refractivity contribution is 0.122. The summed E-state index contributed by atoms with van der Waals surface area (Å²) >= 11 is 3.62. The maximum Gasteiger partial charge on any atom is 0.239 e. The van der Waals surface area contributed by atoms with E-state index in [1.807, 2.05) is 43.0 Å². The van der Waals surface area contributed by atoms with Crippen molar-refractivity contribution in [2.24, 2.45) is 7.05 Å². The van der Waals surface area contributed by atoms with Crippen molar-refractivity contribution in [3.8, 4) is 17.0 Å². The number of nitrogens with one attached hydrogen (secondary N) is 2. The van der Waals surface area contributed by atoms with E-state index in [2.05, 4.69) is 64.8 Å². The molecule has 0 bridgehead atoms. The van der Waals surface area contributed by atoms with E-state index in [0.717, 1.165) is 62.2 Å². The van der Waals surface area contributed by atoms with E-state index in [4.69, 9.17) is 19.4 Å². The zero-order chi connectivity index (χ0) is 30.1. The molecule has 0 amide bonds. The summed E-state index contributed by atoms with van der Waals surface area (Å²) < 4.78 is 13.9. The van der Waals surface area contributed by atoms with E-state index in [1.54, 1.807) is 25.7 Å². The van der Waals surface area contributed by atoms with Crippen LogP contribution < -0.4 is 25.6 Å². The Morgan fingerprint density at radius 3 is 2.51 bits per heavy atom. The molecule has 222 valence electrons. The number of fused-ring (bicyclic) bond motifs is 1. The zero-order valence-corrected chi connectivity index (χ0v) is 27.1. The Balaban J connectivity index is 1.38. The molecule has 6 rings (SSSR count). The van der Waals surface area contributed by atoms with Crippen LogP contribution in [0.4, 0.5) is 29.0 Å². The van der Waals surface area contributed by atoms with Crippen molar-refractivity contribution in [3.63, 3.8) is 0 Å². The minimum absolute atomic E-state index is 0.385. The highest BCUT2D eigenvalue weighted by Gasteiger charge is 2.24. The summed E-state index contributed by atoms with van der Waals surface area (Å²) in [4.78, 5) is 25.6. The standard InChI is InChI=1S/C29H32BrN10O2P/c1-17-19(16-39(2)38-17)18-14-23(28(41-3)37-27(18)40-10-12-42-13-11-40)35-29-33-15-20(30)26(36-29)34-22-7-6-21-24(25(22)43(4)5)32-9-8-31-21/h6-9,14-16H,10-13H2,1-5H3,(H2,33,34,35,36). The predicted octanol–water partition coefficient (Wildman–Crippen LogP) is 4.99. The van der Waals surface area contributed by atoms with Gasteiger partial charge in [0.1, 0.15) is 17.3 Å². The molecule has 1 fully saturated rings. The lowest BCUT2D eigenvalue weighted by atomic mass is 10.1. The van der Waals surface area contributed by atoms with Gasteiger partial charge in [0.25, 0.3) is 0 Å². The topological polar surface area (TPSA) is 128 Å². The summed E-state index contributed by atoms with van der Waals surface area (Å²) in [7, 11) is 3.03. The number of benzene rings is 1. The van der Waals surface area contributed by atoms with Crippen molar-refractivity contribution in [1.82, 2.24) is 34.7 Å². The van der Waals surface area contributed by atoms with Crippen LogP contribution in [0.1, 0.15) is 5.69 Å². The van der Waals surface area contributed by atoms with Gasteiger partial charge in [-0.3, -0.25) is 14.6 Å². The molecule has 4 aromatic heterocycles. The molecule has 5 heterocycles. The van der Waals surface area contributed by atoms with Crippen molar-refractivity contribution < 1.29 is 9.47 Å². The minimum atomic E-state index is -0.495. The van der Waals surface area contributed by atoms with Crippen LogP contribution in [0.25, 0.3) is 22.2 Å². The highest BCUT2D eigenvalue weighted by atomic mass is 79.9. The van der Waals surface area contributed by atoms with Crippen molar-refractivity contribution in [3.05, 3.63) is 53.2 Å². The summed E-state index contributed by atoms with van der Waals surface area (Å²) in [6, 6.07) is 6.02. The molecule has 0 radical (unpaired) electrons. The number of methoxy groups -OCH3 is 1. The molecule has 12 nitrogen and oxygen atoms in total. The van der Waals surface area contributed by atoms with E-state index in [0.29, 0.717) is 36.5 Å². The fourth-order valence-corrected chi connectivity index (χ4v) is 6.65. The molecule has 0 aliphatic carbocycles. The number of rotatable bonds is 8. The number of aromatic nitrogens is 7. The maximum absolute atomic E-state index is 5.76. The molecule has 1 saturated heterocycles. The number of hydrogen-bond donors (Lipinski definition) is 2. The number of halogens is 1. The second-order valence-electron chi connectivity index (χ2n) is 10.2. The van der Waals surface area contributed by atoms with Gasteiger partial charge in [-0.05, 0) is 54.4 Å². The molecule has 5 aromatic rings. The second kappa shape index (κ2) is 12.4. The largest absolute Gasteiger partial charge is 0.479 e. The first kappa shape index (κ1) is 29.2. The Bertz CT molecular complexity index is 1790. The molecule has 1 aliphatic rings. The zero-order valence-electron chi connectivity index (χ0n) is 24.6. The molecular formula is C29H32BrN10O2P. The molecule has 14 heteroatoms. The number of nitrogens with zero attached hydrogens (tertiary/aromatic N) is 8. The Labute approximate surface area is 259 Å². The number of hydrogen-bond acceptors (Lipinski definition) is 11. The van der Waals surface area contributed by atoms with Gasteiger partial charge in [0.15, 0.2) is 0 Å². The first-order chi connectivity index (χ1) is 20.8. The molecule has 0 saturated carbocycles. The molecule has 0 spiro atoms. The molecule has 0 unspecified atom stereocenters. The lowest BCUT2D eigenvalue weighted by Gasteiger charge is -2.30. The summed E-state index contributed by atoms with van der Waals surface area (Å²) in [6.45, 7) is 9.15. The van der Waals surface area contributed by atoms with Crippen LogP contribution in [0, 0.1) is 6.92 Å². The quantitative estimate of drug-likeness (QED) is 0.218. The Kier molecular flexibility index (Phi) is 8.38. The maximum atomic E-state index is 5.76. The van der Waals surface area contributed by atoms with Crippen LogP contribution in [0.15, 0.2) is 47.5 Å². The van der Waals surface area contributed by atoms with Crippen LogP contribution in [0.3, 0.4) is 0 Å². The van der Waals surface area contributed by atoms with Crippen molar-refractivity contribution in [2.75, 3.05) is 62.3 Å².